The summed E-state index contributed by atoms with van der Waals surface area (Å²) in [5.41, 5.74) is 6.32. The van der Waals surface area contributed by atoms with Crippen LogP contribution in [-0.4, -0.2) is 38.6 Å². The zero-order chi connectivity index (χ0) is 18.7. The first-order valence-electron chi connectivity index (χ1n) is 7.90. The highest BCUT2D eigenvalue weighted by atomic mass is 32.2. The molecule has 0 bridgehead atoms. The van der Waals surface area contributed by atoms with Crippen molar-refractivity contribution in [3.05, 3.63) is 53.1 Å². The molecule has 2 N–H and O–H groups in total. The average Bonchev–Trinajstić information content (AvgIpc) is 2.62. The summed E-state index contributed by atoms with van der Waals surface area (Å²) < 4.78 is 1.59. The minimum atomic E-state index is -0.0952. The van der Waals surface area contributed by atoms with Crippen molar-refractivity contribution in [2.45, 2.75) is 17.5 Å². The Balaban J connectivity index is 1.97. The predicted octanol–water partition coefficient (Wildman–Crippen LogP) is 1.71. The average molecular weight is 369 g/mol. The summed E-state index contributed by atoms with van der Waals surface area (Å²) in [4.78, 5) is 31.7. The number of thioether (sulfide) groups is 1. The van der Waals surface area contributed by atoms with E-state index < -0.39 is 0 Å². The van der Waals surface area contributed by atoms with Gasteiger partial charge in [0.2, 0.25) is 11.9 Å². The first-order valence-corrected chi connectivity index (χ1v) is 8.89. The Labute approximate surface area is 154 Å². The van der Waals surface area contributed by atoms with Crippen LogP contribution in [0.15, 0.2) is 46.9 Å². The van der Waals surface area contributed by atoms with E-state index in [0.29, 0.717) is 40.1 Å². The first kappa shape index (κ1) is 17.9. The molecule has 0 aliphatic carbocycles. The number of allylic oxidation sites excluding steroid dienone is 1. The number of anilines is 2. The Morgan fingerprint density at radius 2 is 2.00 bits per heavy atom. The van der Waals surface area contributed by atoms with Gasteiger partial charge < -0.3 is 10.6 Å². The van der Waals surface area contributed by atoms with Crippen LogP contribution in [0.5, 0.6) is 0 Å². The lowest BCUT2D eigenvalue weighted by Crippen LogP contribution is -2.22. The predicted molar refractivity (Wildman–Crippen MR) is 104 cm³/mol. The van der Waals surface area contributed by atoms with Gasteiger partial charge in [0.25, 0.3) is 5.56 Å². The Bertz CT molecular complexity index is 1020. The summed E-state index contributed by atoms with van der Waals surface area (Å²) in [6, 6.07) is 7.28. The summed E-state index contributed by atoms with van der Waals surface area (Å²) in [6.07, 6.45) is 1.67. The Kier molecular flexibility index (Phi) is 5.17. The maximum atomic E-state index is 12.7. The minimum absolute atomic E-state index is 0.0952. The number of nitrogen functional groups attached to an aromatic ring is 1. The van der Waals surface area contributed by atoms with E-state index >= 15 is 0 Å². The summed E-state index contributed by atoms with van der Waals surface area (Å²) in [5, 5.41) is 1.16. The van der Waals surface area contributed by atoms with Gasteiger partial charge in [0, 0.05) is 20.6 Å². The number of aromatic nitrogens is 5. The maximum Gasteiger partial charge on any atom is 0.262 e. The van der Waals surface area contributed by atoms with Crippen LogP contribution in [0.4, 0.5) is 11.9 Å². The second-order valence-electron chi connectivity index (χ2n) is 5.71. The summed E-state index contributed by atoms with van der Waals surface area (Å²) in [7, 11) is 3.66. The molecule has 0 saturated heterocycles. The molecule has 9 heteroatoms. The zero-order valence-corrected chi connectivity index (χ0v) is 15.4. The second-order valence-corrected chi connectivity index (χ2v) is 6.65. The van der Waals surface area contributed by atoms with Gasteiger partial charge in [0.05, 0.1) is 16.7 Å². The summed E-state index contributed by atoms with van der Waals surface area (Å²) in [6.45, 7) is 4.10. The molecular weight excluding hydrogens is 350 g/mol. The lowest BCUT2D eigenvalue weighted by Gasteiger charge is -2.13. The topological polar surface area (TPSA) is 103 Å². The molecule has 0 radical (unpaired) electrons. The molecule has 3 rings (SSSR count). The lowest BCUT2D eigenvalue weighted by molar-refractivity contribution is 0.671. The molecule has 2 aromatic heterocycles. The summed E-state index contributed by atoms with van der Waals surface area (Å²) in [5.74, 6) is 1.59. The first-order chi connectivity index (χ1) is 12.5. The normalized spacial score (nSPS) is 10.8. The standard InChI is InChI=1S/C17H19N7OS/c1-4-9-24-14(25)11-7-5-6-8-12(11)19-17(24)26-10-13-20-15(18)22-16(21-13)23(2)3/h4-8H,1,9-10H2,2-3H3,(H2,18,20,21,22). The molecule has 0 saturated carbocycles. The Hall–Kier alpha value is -2.94. The second kappa shape index (κ2) is 7.52. The van der Waals surface area contributed by atoms with Gasteiger partial charge in [0.1, 0.15) is 5.82 Å². The van der Waals surface area contributed by atoms with Crippen molar-refractivity contribution in [2.24, 2.45) is 0 Å². The fourth-order valence-electron chi connectivity index (χ4n) is 2.37. The third-order valence-corrected chi connectivity index (χ3v) is 4.53. The number of hydrogen-bond acceptors (Lipinski definition) is 8. The van der Waals surface area contributed by atoms with Gasteiger partial charge in [-0.25, -0.2) is 4.98 Å². The minimum Gasteiger partial charge on any atom is -0.368 e. The number of hydrogen-bond donors (Lipinski definition) is 1. The summed E-state index contributed by atoms with van der Waals surface area (Å²) >= 11 is 1.38. The molecule has 3 aromatic rings. The number of nitrogens with two attached hydrogens (primary N) is 1. The lowest BCUT2D eigenvalue weighted by atomic mass is 10.2. The van der Waals surface area contributed by atoms with E-state index in [0.717, 1.165) is 0 Å². The quantitative estimate of drug-likeness (QED) is 0.398. The van der Waals surface area contributed by atoms with Crippen molar-refractivity contribution >= 4 is 34.6 Å². The van der Waals surface area contributed by atoms with Crippen LogP contribution >= 0.6 is 11.8 Å². The van der Waals surface area contributed by atoms with E-state index in [9.17, 15) is 4.79 Å². The fourth-order valence-corrected chi connectivity index (χ4v) is 3.23. The monoisotopic (exact) mass is 369 g/mol. The molecule has 0 unspecified atom stereocenters. The molecule has 1 aromatic carbocycles. The molecule has 0 spiro atoms. The molecule has 8 nitrogen and oxygen atoms in total. The smallest absolute Gasteiger partial charge is 0.262 e. The van der Waals surface area contributed by atoms with Crippen LogP contribution in [0.25, 0.3) is 10.9 Å². The number of nitrogens with zero attached hydrogens (tertiary/aromatic N) is 6. The van der Waals surface area contributed by atoms with Crippen molar-refractivity contribution in [1.82, 2.24) is 24.5 Å². The van der Waals surface area contributed by atoms with E-state index in [4.69, 9.17) is 5.73 Å². The van der Waals surface area contributed by atoms with Crippen molar-refractivity contribution in [3.8, 4) is 0 Å². The van der Waals surface area contributed by atoms with Gasteiger partial charge in [-0.1, -0.05) is 30.0 Å². The molecule has 26 heavy (non-hydrogen) atoms. The highest BCUT2D eigenvalue weighted by Gasteiger charge is 2.13. The fraction of sp³-hybridized carbons (Fsp3) is 0.235. The number of para-hydroxylation sites is 1. The van der Waals surface area contributed by atoms with Crippen LogP contribution < -0.4 is 16.2 Å². The van der Waals surface area contributed by atoms with Crippen molar-refractivity contribution in [2.75, 3.05) is 24.7 Å². The van der Waals surface area contributed by atoms with Crippen LogP contribution in [0.3, 0.4) is 0 Å². The van der Waals surface area contributed by atoms with Crippen LogP contribution in [0, 0.1) is 0 Å². The SMILES string of the molecule is C=CCn1c(SCc2nc(N)nc(N(C)C)n2)nc2ccccc2c1=O. The third kappa shape index (κ3) is 3.67. The number of fused-ring (bicyclic) bond motifs is 1. The van der Waals surface area contributed by atoms with Crippen molar-refractivity contribution in [1.29, 1.82) is 0 Å². The number of rotatable bonds is 6. The zero-order valence-electron chi connectivity index (χ0n) is 14.6. The van der Waals surface area contributed by atoms with Gasteiger partial charge in [-0.05, 0) is 12.1 Å². The Morgan fingerprint density at radius 1 is 1.23 bits per heavy atom. The van der Waals surface area contributed by atoms with Gasteiger partial charge in [-0.15, -0.1) is 6.58 Å². The van der Waals surface area contributed by atoms with Crippen molar-refractivity contribution in [3.63, 3.8) is 0 Å². The maximum absolute atomic E-state index is 12.7. The van der Waals surface area contributed by atoms with Gasteiger partial charge in [-0.3, -0.25) is 9.36 Å². The van der Waals surface area contributed by atoms with Gasteiger partial charge in [-0.2, -0.15) is 15.0 Å². The van der Waals surface area contributed by atoms with E-state index in [1.807, 2.05) is 32.3 Å². The van der Waals surface area contributed by atoms with E-state index in [2.05, 4.69) is 26.5 Å². The van der Waals surface area contributed by atoms with Crippen LogP contribution in [0.1, 0.15) is 5.82 Å². The number of benzene rings is 1. The molecule has 0 amide bonds. The highest BCUT2D eigenvalue weighted by molar-refractivity contribution is 7.98. The molecule has 0 atom stereocenters. The van der Waals surface area contributed by atoms with Crippen molar-refractivity contribution < 1.29 is 0 Å². The van der Waals surface area contributed by atoms with Gasteiger partial charge >= 0.3 is 0 Å². The Morgan fingerprint density at radius 3 is 2.73 bits per heavy atom. The van der Waals surface area contributed by atoms with E-state index in [1.54, 1.807) is 21.6 Å². The highest BCUT2D eigenvalue weighted by Crippen LogP contribution is 2.21. The molecular formula is C17H19N7OS. The third-order valence-electron chi connectivity index (χ3n) is 3.56. The van der Waals surface area contributed by atoms with Gasteiger partial charge in [0.15, 0.2) is 5.16 Å². The largest absolute Gasteiger partial charge is 0.368 e. The molecule has 0 fully saturated rings. The van der Waals surface area contributed by atoms with E-state index in [-0.39, 0.29) is 11.5 Å². The van der Waals surface area contributed by atoms with Crippen LogP contribution in [0.2, 0.25) is 0 Å². The molecule has 0 aliphatic rings. The molecule has 2 heterocycles. The van der Waals surface area contributed by atoms with Crippen LogP contribution in [-0.2, 0) is 12.3 Å². The van der Waals surface area contributed by atoms with E-state index in [1.165, 1.54) is 11.8 Å². The molecule has 0 aliphatic heterocycles. The molecule has 134 valence electrons.